The molecule has 0 saturated carbocycles. The fourth-order valence-corrected chi connectivity index (χ4v) is 3.44. The van der Waals surface area contributed by atoms with Crippen molar-refractivity contribution in [3.63, 3.8) is 0 Å². The van der Waals surface area contributed by atoms with Crippen LogP contribution in [0, 0.1) is 11.3 Å². The zero-order chi connectivity index (χ0) is 20.9. The molecule has 9 nitrogen and oxygen atoms in total. The Labute approximate surface area is 174 Å². The first kappa shape index (κ1) is 19.4. The summed E-state index contributed by atoms with van der Waals surface area (Å²) in [5, 5.41) is 9.36. The summed E-state index contributed by atoms with van der Waals surface area (Å²) >= 11 is 0. The van der Waals surface area contributed by atoms with Gasteiger partial charge >= 0.3 is 6.01 Å². The number of rotatable bonds is 5. The summed E-state index contributed by atoms with van der Waals surface area (Å²) in [6.45, 7) is 3.13. The molecule has 1 aliphatic rings. The number of ether oxygens (including phenoxy) is 2. The third-order valence-corrected chi connectivity index (χ3v) is 4.97. The van der Waals surface area contributed by atoms with E-state index in [0.717, 1.165) is 37.7 Å². The number of nitriles is 1. The van der Waals surface area contributed by atoms with E-state index in [9.17, 15) is 5.26 Å². The average molecular weight is 403 g/mol. The zero-order valence-electron chi connectivity index (χ0n) is 16.8. The second-order valence-corrected chi connectivity index (χ2v) is 6.65. The number of piperazine rings is 1. The van der Waals surface area contributed by atoms with Crippen LogP contribution in [0.3, 0.4) is 0 Å². The molecule has 3 aromatic rings. The van der Waals surface area contributed by atoms with Gasteiger partial charge in [0, 0.05) is 32.4 Å². The smallest absolute Gasteiger partial charge is 0.319 e. The predicted molar refractivity (Wildman–Crippen MR) is 112 cm³/mol. The summed E-state index contributed by atoms with van der Waals surface area (Å²) in [7, 11) is 3.05. The molecule has 30 heavy (non-hydrogen) atoms. The standard InChI is InChI=1S/C21H21N7O2/c1-29-20-16(12-24-21(26-20)30-2)17-13-23-14-19(25-17)28-9-7-27(8-10-28)18-6-4-3-5-15(18)11-22/h3-6,12-14H,7-10H2,1-2H3. The highest BCUT2D eigenvalue weighted by atomic mass is 16.5. The van der Waals surface area contributed by atoms with E-state index < -0.39 is 0 Å². The van der Waals surface area contributed by atoms with Crippen molar-refractivity contribution in [1.82, 2.24) is 19.9 Å². The molecule has 9 heteroatoms. The summed E-state index contributed by atoms with van der Waals surface area (Å²) in [6, 6.07) is 10.2. The Hall–Kier alpha value is -3.93. The zero-order valence-corrected chi connectivity index (χ0v) is 16.8. The molecule has 0 aliphatic carbocycles. The number of benzene rings is 1. The lowest BCUT2D eigenvalue weighted by Gasteiger charge is -2.37. The molecular formula is C21H21N7O2. The molecule has 4 rings (SSSR count). The summed E-state index contributed by atoms with van der Waals surface area (Å²) in [6.07, 6.45) is 5.03. The molecule has 0 amide bonds. The van der Waals surface area contributed by atoms with Crippen LogP contribution in [0.1, 0.15) is 5.56 Å². The maximum absolute atomic E-state index is 9.36. The largest absolute Gasteiger partial charge is 0.480 e. The Morgan fingerprint density at radius 3 is 2.43 bits per heavy atom. The van der Waals surface area contributed by atoms with Crippen LogP contribution in [0.2, 0.25) is 0 Å². The molecule has 0 bridgehead atoms. The Kier molecular flexibility index (Phi) is 5.57. The third-order valence-electron chi connectivity index (χ3n) is 4.97. The quantitative estimate of drug-likeness (QED) is 0.634. The molecule has 0 atom stereocenters. The summed E-state index contributed by atoms with van der Waals surface area (Å²) < 4.78 is 10.4. The van der Waals surface area contributed by atoms with E-state index in [4.69, 9.17) is 14.5 Å². The maximum atomic E-state index is 9.36. The molecule has 2 aromatic heterocycles. The lowest BCUT2D eigenvalue weighted by Crippen LogP contribution is -2.47. The van der Waals surface area contributed by atoms with Crippen LogP contribution in [0.15, 0.2) is 42.9 Å². The molecule has 1 saturated heterocycles. The van der Waals surface area contributed by atoms with Gasteiger partial charge in [0.15, 0.2) is 0 Å². The Morgan fingerprint density at radius 2 is 1.70 bits per heavy atom. The highest BCUT2D eigenvalue weighted by Crippen LogP contribution is 2.29. The Morgan fingerprint density at radius 1 is 0.933 bits per heavy atom. The van der Waals surface area contributed by atoms with Gasteiger partial charge in [-0.15, -0.1) is 0 Å². The van der Waals surface area contributed by atoms with E-state index in [1.807, 2.05) is 24.3 Å². The molecule has 0 radical (unpaired) electrons. The second kappa shape index (κ2) is 8.61. The molecular weight excluding hydrogens is 382 g/mol. The van der Waals surface area contributed by atoms with E-state index in [0.29, 0.717) is 22.7 Å². The number of para-hydroxylation sites is 1. The van der Waals surface area contributed by atoms with Crippen LogP contribution in [-0.2, 0) is 0 Å². The van der Waals surface area contributed by atoms with Crippen molar-refractivity contribution in [2.45, 2.75) is 0 Å². The van der Waals surface area contributed by atoms with Crippen LogP contribution in [-0.4, -0.2) is 60.3 Å². The van der Waals surface area contributed by atoms with Crippen LogP contribution in [0.5, 0.6) is 11.9 Å². The minimum Gasteiger partial charge on any atom is -0.480 e. The molecule has 1 aliphatic heterocycles. The molecule has 0 N–H and O–H groups in total. The topological polar surface area (TPSA) is 100 Å². The van der Waals surface area contributed by atoms with Gasteiger partial charge < -0.3 is 19.3 Å². The number of anilines is 2. The van der Waals surface area contributed by atoms with Gasteiger partial charge in [0.1, 0.15) is 11.9 Å². The van der Waals surface area contributed by atoms with Crippen LogP contribution >= 0.6 is 0 Å². The maximum Gasteiger partial charge on any atom is 0.319 e. The van der Waals surface area contributed by atoms with E-state index in [2.05, 4.69) is 30.8 Å². The van der Waals surface area contributed by atoms with Gasteiger partial charge in [-0.1, -0.05) is 12.1 Å². The number of nitrogens with zero attached hydrogens (tertiary/aromatic N) is 7. The fraction of sp³-hybridized carbons (Fsp3) is 0.286. The van der Waals surface area contributed by atoms with Gasteiger partial charge in [-0.2, -0.15) is 10.2 Å². The lowest BCUT2D eigenvalue weighted by atomic mass is 10.1. The number of hydrogen-bond donors (Lipinski definition) is 0. The minimum atomic E-state index is 0.230. The van der Waals surface area contributed by atoms with Crippen molar-refractivity contribution in [3.8, 4) is 29.2 Å². The average Bonchev–Trinajstić information content (AvgIpc) is 2.83. The number of methoxy groups -OCH3 is 2. The SMILES string of the molecule is COc1ncc(-c2cncc(N3CCN(c4ccccc4C#N)CC3)n2)c(OC)n1. The highest BCUT2D eigenvalue weighted by Gasteiger charge is 2.21. The predicted octanol–water partition coefficient (Wildman–Crippen LogP) is 2.15. The third kappa shape index (κ3) is 3.80. The summed E-state index contributed by atoms with van der Waals surface area (Å²) in [4.78, 5) is 21.9. The summed E-state index contributed by atoms with van der Waals surface area (Å²) in [5.74, 6) is 1.16. The number of aromatic nitrogens is 4. The number of hydrogen-bond acceptors (Lipinski definition) is 9. The van der Waals surface area contributed by atoms with Crippen LogP contribution in [0.25, 0.3) is 11.3 Å². The lowest BCUT2D eigenvalue weighted by molar-refractivity contribution is 0.353. The second-order valence-electron chi connectivity index (χ2n) is 6.65. The van der Waals surface area contributed by atoms with Crippen LogP contribution < -0.4 is 19.3 Å². The van der Waals surface area contributed by atoms with Crippen molar-refractivity contribution in [3.05, 3.63) is 48.4 Å². The minimum absolute atomic E-state index is 0.230. The first-order valence-corrected chi connectivity index (χ1v) is 9.50. The van der Waals surface area contributed by atoms with Crippen molar-refractivity contribution >= 4 is 11.5 Å². The van der Waals surface area contributed by atoms with Crippen molar-refractivity contribution in [1.29, 1.82) is 5.26 Å². The highest BCUT2D eigenvalue weighted by molar-refractivity contribution is 5.65. The van der Waals surface area contributed by atoms with E-state index in [-0.39, 0.29) is 6.01 Å². The summed E-state index contributed by atoms with van der Waals surface area (Å²) in [5.41, 5.74) is 2.94. The first-order valence-electron chi connectivity index (χ1n) is 9.50. The van der Waals surface area contributed by atoms with E-state index in [1.165, 1.54) is 7.11 Å². The van der Waals surface area contributed by atoms with Gasteiger partial charge in [-0.25, -0.2) is 9.97 Å². The molecule has 1 aromatic carbocycles. The molecule has 0 spiro atoms. The monoisotopic (exact) mass is 403 g/mol. The molecule has 152 valence electrons. The van der Waals surface area contributed by atoms with Crippen LogP contribution in [0.4, 0.5) is 11.5 Å². The van der Waals surface area contributed by atoms with E-state index in [1.54, 1.807) is 25.7 Å². The Balaban J connectivity index is 1.53. The van der Waals surface area contributed by atoms with Gasteiger partial charge in [0.25, 0.3) is 0 Å². The molecule has 3 heterocycles. The first-order chi connectivity index (χ1) is 14.7. The van der Waals surface area contributed by atoms with Gasteiger partial charge in [-0.3, -0.25) is 4.98 Å². The molecule has 0 unspecified atom stereocenters. The van der Waals surface area contributed by atoms with Crippen molar-refractivity contribution in [2.75, 3.05) is 50.2 Å². The fourth-order valence-electron chi connectivity index (χ4n) is 3.44. The van der Waals surface area contributed by atoms with Crippen molar-refractivity contribution in [2.24, 2.45) is 0 Å². The Bertz CT molecular complexity index is 1070. The molecule has 1 fully saturated rings. The van der Waals surface area contributed by atoms with Gasteiger partial charge in [0.2, 0.25) is 5.88 Å². The van der Waals surface area contributed by atoms with E-state index >= 15 is 0 Å². The van der Waals surface area contributed by atoms with Gasteiger partial charge in [0.05, 0.1) is 49.1 Å². The van der Waals surface area contributed by atoms with Crippen molar-refractivity contribution < 1.29 is 9.47 Å². The van der Waals surface area contributed by atoms with Gasteiger partial charge in [-0.05, 0) is 12.1 Å². The normalized spacial score (nSPS) is 13.6.